The Morgan fingerprint density at radius 1 is 1.14 bits per heavy atom. The molecule has 1 aromatic heterocycles. The summed E-state index contributed by atoms with van der Waals surface area (Å²) in [4.78, 5) is 4.45. The van der Waals surface area contributed by atoms with E-state index < -0.39 is 6.10 Å². The van der Waals surface area contributed by atoms with Gasteiger partial charge in [0.05, 0.1) is 17.1 Å². The molecular weight excluding hydrogens is 284 g/mol. The van der Waals surface area contributed by atoms with E-state index in [1.165, 1.54) is 11.1 Å². The molecule has 3 aromatic rings. The third-order valence-electron chi connectivity index (χ3n) is 3.88. The number of aryl methyl sites for hydroxylation is 2. The normalized spacial score (nSPS) is 12.8. The van der Waals surface area contributed by atoms with Gasteiger partial charge in [-0.1, -0.05) is 17.7 Å². The minimum Gasteiger partial charge on any atom is -0.389 e. The lowest BCUT2D eigenvalue weighted by molar-refractivity contribution is 0.199. The summed E-state index contributed by atoms with van der Waals surface area (Å²) in [5, 5.41) is 10.2. The van der Waals surface area contributed by atoms with Gasteiger partial charge in [0.1, 0.15) is 6.33 Å². The Morgan fingerprint density at radius 2 is 1.86 bits per heavy atom. The van der Waals surface area contributed by atoms with E-state index in [0.29, 0.717) is 5.02 Å². The summed E-state index contributed by atoms with van der Waals surface area (Å²) in [5.74, 6) is 0. The number of fused-ring (bicyclic) bond motifs is 1. The second-order valence-electron chi connectivity index (χ2n) is 5.42. The number of nitrogens with zero attached hydrogens (tertiary/aromatic N) is 2. The van der Waals surface area contributed by atoms with E-state index in [4.69, 9.17) is 11.6 Å². The SMILES string of the molecule is Cc1cc2ncn(-c3ccc(C(C)O)c(Cl)c3)c2cc1C. The van der Waals surface area contributed by atoms with Crippen LogP contribution in [0, 0.1) is 13.8 Å². The summed E-state index contributed by atoms with van der Waals surface area (Å²) in [7, 11) is 0. The summed E-state index contributed by atoms with van der Waals surface area (Å²) in [6, 6.07) is 9.89. The largest absolute Gasteiger partial charge is 0.389 e. The van der Waals surface area contributed by atoms with Crippen LogP contribution in [0.15, 0.2) is 36.7 Å². The van der Waals surface area contributed by atoms with Crippen LogP contribution in [0.5, 0.6) is 0 Å². The number of hydrogen-bond acceptors (Lipinski definition) is 2. The number of hydrogen-bond donors (Lipinski definition) is 1. The van der Waals surface area contributed by atoms with Gasteiger partial charge in [-0.25, -0.2) is 4.98 Å². The van der Waals surface area contributed by atoms with Crippen LogP contribution in [0.2, 0.25) is 5.02 Å². The van der Waals surface area contributed by atoms with Crippen molar-refractivity contribution in [1.29, 1.82) is 0 Å². The predicted octanol–water partition coefficient (Wildman–Crippen LogP) is 4.35. The second-order valence-corrected chi connectivity index (χ2v) is 5.83. The van der Waals surface area contributed by atoms with Crippen molar-refractivity contribution in [2.45, 2.75) is 26.9 Å². The van der Waals surface area contributed by atoms with Gasteiger partial charge in [-0.2, -0.15) is 0 Å². The molecule has 0 radical (unpaired) electrons. The van der Waals surface area contributed by atoms with Crippen LogP contribution in [-0.4, -0.2) is 14.7 Å². The van der Waals surface area contributed by atoms with E-state index in [9.17, 15) is 5.11 Å². The maximum Gasteiger partial charge on any atom is 0.100 e. The smallest absolute Gasteiger partial charge is 0.100 e. The molecule has 0 saturated carbocycles. The number of aliphatic hydroxyl groups excluding tert-OH is 1. The number of benzene rings is 2. The third-order valence-corrected chi connectivity index (χ3v) is 4.20. The van der Waals surface area contributed by atoms with Crippen molar-refractivity contribution in [3.8, 4) is 5.69 Å². The number of aromatic nitrogens is 2. The van der Waals surface area contributed by atoms with E-state index in [2.05, 4.69) is 31.0 Å². The van der Waals surface area contributed by atoms with Gasteiger partial charge < -0.3 is 5.11 Å². The fraction of sp³-hybridized carbons (Fsp3) is 0.235. The Bertz CT molecular complexity index is 821. The standard InChI is InChI=1S/C17H17ClN2O/c1-10-6-16-17(7-11(10)2)20(9-19-16)13-4-5-14(12(3)21)15(18)8-13/h4-9,12,21H,1-3H3. The molecule has 0 bridgehead atoms. The lowest BCUT2D eigenvalue weighted by Gasteiger charge is -2.11. The zero-order valence-corrected chi connectivity index (χ0v) is 13.0. The van der Waals surface area contributed by atoms with Crippen LogP contribution in [0.3, 0.4) is 0 Å². The highest BCUT2D eigenvalue weighted by Gasteiger charge is 2.10. The summed E-state index contributed by atoms with van der Waals surface area (Å²) in [6.07, 6.45) is 1.23. The Labute approximate surface area is 128 Å². The van der Waals surface area contributed by atoms with Gasteiger partial charge in [0.2, 0.25) is 0 Å². The van der Waals surface area contributed by atoms with Gasteiger partial charge in [0.15, 0.2) is 0 Å². The van der Waals surface area contributed by atoms with Crippen molar-refractivity contribution in [2.75, 3.05) is 0 Å². The zero-order valence-electron chi connectivity index (χ0n) is 12.3. The monoisotopic (exact) mass is 300 g/mol. The van der Waals surface area contributed by atoms with E-state index in [0.717, 1.165) is 22.3 Å². The molecule has 3 rings (SSSR count). The van der Waals surface area contributed by atoms with Crippen molar-refractivity contribution >= 4 is 22.6 Å². The molecule has 108 valence electrons. The number of halogens is 1. The summed E-state index contributed by atoms with van der Waals surface area (Å²) >= 11 is 6.26. The minimum absolute atomic E-state index is 0.563. The van der Waals surface area contributed by atoms with Crippen molar-refractivity contribution in [1.82, 2.24) is 9.55 Å². The molecule has 4 heteroatoms. The van der Waals surface area contributed by atoms with Gasteiger partial charge >= 0.3 is 0 Å². The minimum atomic E-state index is -0.573. The Morgan fingerprint density at radius 3 is 2.52 bits per heavy atom. The molecule has 1 unspecified atom stereocenters. The van der Waals surface area contributed by atoms with Gasteiger partial charge in [0.25, 0.3) is 0 Å². The number of rotatable bonds is 2. The highest BCUT2D eigenvalue weighted by Crippen LogP contribution is 2.28. The van der Waals surface area contributed by atoms with Crippen LogP contribution in [0.25, 0.3) is 16.7 Å². The van der Waals surface area contributed by atoms with Gasteiger partial charge in [-0.15, -0.1) is 0 Å². The first-order chi connectivity index (χ1) is 9.97. The van der Waals surface area contributed by atoms with Crippen molar-refractivity contribution in [3.05, 3.63) is 58.4 Å². The van der Waals surface area contributed by atoms with E-state index in [1.54, 1.807) is 13.3 Å². The average molecular weight is 301 g/mol. The summed E-state index contributed by atoms with van der Waals surface area (Å²) < 4.78 is 2.01. The molecule has 2 aromatic carbocycles. The Balaban J connectivity index is 2.17. The number of imidazole rings is 1. The topological polar surface area (TPSA) is 38.0 Å². The van der Waals surface area contributed by atoms with Gasteiger partial charge in [-0.3, -0.25) is 4.57 Å². The molecule has 0 saturated heterocycles. The molecule has 3 nitrogen and oxygen atoms in total. The molecule has 0 aliphatic heterocycles. The molecule has 0 spiro atoms. The molecule has 0 aliphatic carbocycles. The highest BCUT2D eigenvalue weighted by atomic mass is 35.5. The molecule has 1 heterocycles. The first-order valence-corrected chi connectivity index (χ1v) is 7.27. The molecule has 1 atom stereocenters. The highest BCUT2D eigenvalue weighted by molar-refractivity contribution is 6.31. The fourth-order valence-electron chi connectivity index (χ4n) is 2.47. The quantitative estimate of drug-likeness (QED) is 0.764. The lowest BCUT2D eigenvalue weighted by atomic mass is 10.1. The average Bonchev–Trinajstić information content (AvgIpc) is 2.81. The van der Waals surface area contributed by atoms with Crippen molar-refractivity contribution in [3.63, 3.8) is 0 Å². The van der Waals surface area contributed by atoms with Crippen LogP contribution in [0.4, 0.5) is 0 Å². The van der Waals surface area contributed by atoms with Crippen LogP contribution < -0.4 is 0 Å². The number of aliphatic hydroxyl groups is 1. The summed E-state index contributed by atoms with van der Waals surface area (Å²) in [5.41, 5.74) is 6.16. The maximum absolute atomic E-state index is 9.66. The molecule has 0 aliphatic rings. The van der Waals surface area contributed by atoms with Crippen molar-refractivity contribution in [2.24, 2.45) is 0 Å². The molecular formula is C17H17ClN2O. The van der Waals surface area contributed by atoms with Gasteiger partial charge in [-0.05, 0) is 61.7 Å². The molecule has 0 fully saturated rings. The Hall–Kier alpha value is -1.84. The molecule has 1 N–H and O–H groups in total. The van der Waals surface area contributed by atoms with Crippen LogP contribution >= 0.6 is 11.6 Å². The molecule has 21 heavy (non-hydrogen) atoms. The fourth-order valence-corrected chi connectivity index (χ4v) is 2.81. The van der Waals surface area contributed by atoms with E-state index >= 15 is 0 Å². The maximum atomic E-state index is 9.66. The third kappa shape index (κ3) is 2.43. The first kappa shape index (κ1) is 14.1. The van der Waals surface area contributed by atoms with E-state index in [1.807, 2.05) is 22.8 Å². The first-order valence-electron chi connectivity index (χ1n) is 6.89. The Kier molecular flexibility index (Phi) is 3.47. The zero-order chi connectivity index (χ0) is 15.1. The van der Waals surface area contributed by atoms with E-state index in [-0.39, 0.29) is 0 Å². The predicted molar refractivity (Wildman–Crippen MR) is 86.2 cm³/mol. The molecule has 0 amide bonds. The van der Waals surface area contributed by atoms with Crippen LogP contribution in [-0.2, 0) is 0 Å². The van der Waals surface area contributed by atoms with Gasteiger partial charge in [0, 0.05) is 10.7 Å². The lowest BCUT2D eigenvalue weighted by Crippen LogP contribution is -1.97. The van der Waals surface area contributed by atoms with Crippen molar-refractivity contribution < 1.29 is 5.11 Å². The second kappa shape index (κ2) is 5.17. The summed E-state index contributed by atoms with van der Waals surface area (Å²) in [6.45, 7) is 5.89. The van der Waals surface area contributed by atoms with Crippen LogP contribution in [0.1, 0.15) is 29.7 Å².